The Morgan fingerprint density at radius 2 is 1.79 bits per heavy atom. The van der Waals surface area contributed by atoms with Crippen molar-refractivity contribution in [3.05, 3.63) is 53.6 Å². The van der Waals surface area contributed by atoms with Gasteiger partial charge in [-0.15, -0.1) is 0 Å². The number of nitrogens with one attached hydrogen (secondary N) is 2. The van der Waals surface area contributed by atoms with Crippen molar-refractivity contribution in [3.63, 3.8) is 0 Å². The number of rotatable bonds is 9. The molecule has 0 radical (unpaired) electrons. The topological polar surface area (TPSA) is 73.9 Å². The minimum atomic E-state index is -0.00445. The van der Waals surface area contributed by atoms with Gasteiger partial charge in [-0.3, -0.25) is 14.5 Å². The number of anilines is 2. The zero-order valence-electron chi connectivity index (χ0n) is 19.4. The zero-order valence-corrected chi connectivity index (χ0v) is 19.4. The first-order valence-electron chi connectivity index (χ1n) is 12.0. The summed E-state index contributed by atoms with van der Waals surface area (Å²) in [5, 5.41) is 5.84. The summed E-state index contributed by atoms with van der Waals surface area (Å²) < 4.78 is 5.80. The van der Waals surface area contributed by atoms with E-state index in [2.05, 4.69) is 39.5 Å². The summed E-state index contributed by atoms with van der Waals surface area (Å²) in [5.74, 6) is 0.828. The van der Waals surface area contributed by atoms with E-state index in [1.807, 2.05) is 30.3 Å². The molecule has 2 aromatic carbocycles. The number of aryl methyl sites for hydroxylation is 1. The van der Waals surface area contributed by atoms with Crippen molar-refractivity contribution in [2.45, 2.75) is 39.2 Å². The highest BCUT2D eigenvalue weighted by atomic mass is 16.5. The molecule has 0 saturated carbocycles. The molecule has 1 fully saturated rings. The van der Waals surface area contributed by atoms with E-state index >= 15 is 0 Å². The van der Waals surface area contributed by atoms with Gasteiger partial charge in [-0.25, -0.2) is 0 Å². The van der Waals surface area contributed by atoms with Crippen LogP contribution in [0.3, 0.4) is 0 Å². The van der Waals surface area contributed by atoms with Crippen LogP contribution in [0.25, 0.3) is 0 Å². The van der Waals surface area contributed by atoms with Crippen molar-refractivity contribution in [2.75, 3.05) is 50.0 Å². The number of carbonyl (C=O) groups is 2. The number of piperazine rings is 1. The normalized spacial score (nSPS) is 16.7. The summed E-state index contributed by atoms with van der Waals surface area (Å²) in [5.41, 5.74) is 4.06. The fourth-order valence-electron chi connectivity index (χ4n) is 4.31. The van der Waals surface area contributed by atoms with E-state index in [0.717, 1.165) is 68.4 Å². The average Bonchev–Trinajstić information content (AvgIpc) is 2.83. The minimum Gasteiger partial charge on any atom is -0.494 e. The number of ether oxygens (including phenoxy) is 1. The smallest absolute Gasteiger partial charge is 0.224 e. The van der Waals surface area contributed by atoms with Gasteiger partial charge >= 0.3 is 0 Å². The highest BCUT2D eigenvalue weighted by Gasteiger charge is 2.16. The SMILES string of the molecule is CCN1CCN(Cc2ccc(NC(=O)CCCOc3ccc4c(c3)CCC(=O)N4)cc2)CC1. The molecule has 0 bridgehead atoms. The molecule has 4 rings (SSSR count). The van der Waals surface area contributed by atoms with Crippen LogP contribution < -0.4 is 15.4 Å². The molecule has 7 heteroatoms. The van der Waals surface area contributed by atoms with Gasteiger partial charge in [0.2, 0.25) is 11.8 Å². The van der Waals surface area contributed by atoms with Crippen LogP contribution in [-0.2, 0) is 22.6 Å². The van der Waals surface area contributed by atoms with E-state index in [1.165, 1.54) is 5.56 Å². The Morgan fingerprint density at radius 1 is 1.03 bits per heavy atom. The molecule has 0 aliphatic carbocycles. The molecule has 7 nitrogen and oxygen atoms in total. The maximum absolute atomic E-state index is 12.3. The summed E-state index contributed by atoms with van der Waals surface area (Å²) in [6.07, 6.45) is 2.29. The summed E-state index contributed by atoms with van der Waals surface area (Å²) in [6, 6.07) is 13.9. The van der Waals surface area contributed by atoms with Gasteiger partial charge in [0.25, 0.3) is 0 Å². The fraction of sp³-hybridized carbons (Fsp3) is 0.462. The van der Waals surface area contributed by atoms with Gasteiger partial charge < -0.3 is 20.3 Å². The van der Waals surface area contributed by atoms with Crippen molar-refractivity contribution in [1.82, 2.24) is 9.80 Å². The maximum Gasteiger partial charge on any atom is 0.224 e. The maximum atomic E-state index is 12.3. The molecule has 0 spiro atoms. The number of amides is 2. The van der Waals surface area contributed by atoms with E-state index < -0.39 is 0 Å². The molecule has 0 atom stereocenters. The summed E-state index contributed by atoms with van der Waals surface area (Å²) in [4.78, 5) is 28.7. The van der Waals surface area contributed by atoms with Gasteiger partial charge in [0.1, 0.15) is 5.75 Å². The van der Waals surface area contributed by atoms with Crippen LogP contribution in [0.4, 0.5) is 11.4 Å². The van der Waals surface area contributed by atoms with Crippen molar-refractivity contribution >= 4 is 23.2 Å². The predicted octanol–water partition coefficient (Wildman–Crippen LogP) is 3.51. The number of likely N-dealkylation sites (N-methyl/N-ethyl adjacent to an activating group) is 1. The monoisotopic (exact) mass is 450 g/mol. The molecule has 2 aliphatic rings. The number of benzene rings is 2. The standard InChI is InChI=1S/C26H34N4O3/c1-2-29-13-15-30(16-14-29)19-20-5-8-22(9-6-20)27-25(31)4-3-17-33-23-10-11-24-21(18-23)7-12-26(32)28-24/h5-6,8-11,18H,2-4,7,12-17,19H2,1H3,(H,27,31)(H,28,32). The number of fused-ring (bicyclic) bond motifs is 1. The molecule has 2 N–H and O–H groups in total. The Kier molecular flexibility index (Phi) is 7.96. The molecule has 2 aliphatic heterocycles. The Labute approximate surface area is 196 Å². The number of hydrogen-bond acceptors (Lipinski definition) is 5. The van der Waals surface area contributed by atoms with Crippen LogP contribution in [0.5, 0.6) is 5.75 Å². The van der Waals surface area contributed by atoms with Crippen molar-refractivity contribution in [3.8, 4) is 5.75 Å². The van der Waals surface area contributed by atoms with Gasteiger partial charge in [0, 0.05) is 56.9 Å². The summed E-state index contributed by atoms with van der Waals surface area (Å²) >= 11 is 0. The van der Waals surface area contributed by atoms with E-state index in [-0.39, 0.29) is 11.8 Å². The van der Waals surface area contributed by atoms with E-state index in [1.54, 1.807) is 0 Å². The molecule has 0 unspecified atom stereocenters. The largest absolute Gasteiger partial charge is 0.494 e. The van der Waals surface area contributed by atoms with Crippen LogP contribution in [-0.4, -0.2) is 60.9 Å². The molecule has 0 aromatic heterocycles. The highest BCUT2D eigenvalue weighted by molar-refractivity contribution is 5.94. The van der Waals surface area contributed by atoms with Crippen molar-refractivity contribution in [1.29, 1.82) is 0 Å². The van der Waals surface area contributed by atoms with E-state index in [4.69, 9.17) is 4.74 Å². The van der Waals surface area contributed by atoms with Crippen LogP contribution in [0, 0.1) is 0 Å². The van der Waals surface area contributed by atoms with Crippen molar-refractivity contribution < 1.29 is 14.3 Å². The first-order chi connectivity index (χ1) is 16.1. The molecule has 2 amide bonds. The Balaban J connectivity index is 1.15. The lowest BCUT2D eigenvalue weighted by molar-refractivity contribution is -0.117. The van der Waals surface area contributed by atoms with Gasteiger partial charge in [-0.2, -0.15) is 0 Å². The van der Waals surface area contributed by atoms with E-state index in [0.29, 0.717) is 25.9 Å². The molecule has 33 heavy (non-hydrogen) atoms. The van der Waals surface area contributed by atoms with Crippen LogP contribution in [0.15, 0.2) is 42.5 Å². The minimum absolute atomic E-state index is 0.00445. The molecule has 1 saturated heterocycles. The van der Waals surface area contributed by atoms with Crippen LogP contribution in [0.1, 0.15) is 37.3 Å². The summed E-state index contributed by atoms with van der Waals surface area (Å²) in [7, 11) is 0. The second-order valence-electron chi connectivity index (χ2n) is 8.77. The quantitative estimate of drug-likeness (QED) is 0.572. The molecular weight excluding hydrogens is 416 g/mol. The van der Waals surface area contributed by atoms with Crippen molar-refractivity contribution in [2.24, 2.45) is 0 Å². The molecule has 2 aromatic rings. The Morgan fingerprint density at radius 3 is 2.55 bits per heavy atom. The molecular formula is C26H34N4O3. The predicted molar refractivity (Wildman–Crippen MR) is 131 cm³/mol. The third-order valence-corrected chi connectivity index (χ3v) is 6.35. The second kappa shape index (κ2) is 11.3. The third kappa shape index (κ3) is 6.79. The van der Waals surface area contributed by atoms with Gasteiger partial charge in [-0.1, -0.05) is 19.1 Å². The van der Waals surface area contributed by atoms with Crippen LogP contribution >= 0.6 is 0 Å². The Bertz CT molecular complexity index is 953. The van der Waals surface area contributed by atoms with E-state index in [9.17, 15) is 9.59 Å². The molecule has 2 heterocycles. The van der Waals surface area contributed by atoms with Gasteiger partial charge in [0.15, 0.2) is 0 Å². The highest BCUT2D eigenvalue weighted by Crippen LogP contribution is 2.27. The first-order valence-corrected chi connectivity index (χ1v) is 12.0. The Hall–Kier alpha value is -2.90. The lowest BCUT2D eigenvalue weighted by atomic mass is 10.0. The first kappa shape index (κ1) is 23.3. The molecule has 176 valence electrons. The van der Waals surface area contributed by atoms with Gasteiger partial charge in [-0.05, 0) is 60.8 Å². The lowest BCUT2D eigenvalue weighted by Crippen LogP contribution is -2.45. The average molecular weight is 451 g/mol. The second-order valence-corrected chi connectivity index (χ2v) is 8.77. The van der Waals surface area contributed by atoms with Crippen LogP contribution in [0.2, 0.25) is 0 Å². The number of carbonyl (C=O) groups excluding carboxylic acids is 2. The number of hydrogen-bond donors (Lipinski definition) is 2. The number of nitrogens with zero attached hydrogens (tertiary/aromatic N) is 2. The van der Waals surface area contributed by atoms with Gasteiger partial charge in [0.05, 0.1) is 6.61 Å². The fourth-order valence-corrected chi connectivity index (χ4v) is 4.31. The lowest BCUT2D eigenvalue weighted by Gasteiger charge is -2.34. The third-order valence-electron chi connectivity index (χ3n) is 6.35. The zero-order chi connectivity index (χ0) is 23.0. The summed E-state index contributed by atoms with van der Waals surface area (Å²) in [6.45, 7) is 9.27.